The number of hydrogen-bond acceptors (Lipinski definition) is 10. The molecule has 2 aromatic carbocycles. The van der Waals surface area contributed by atoms with Gasteiger partial charge in [0.25, 0.3) is 5.91 Å². The number of aryl methyl sites for hydroxylation is 2. The summed E-state index contributed by atoms with van der Waals surface area (Å²) in [6, 6.07) is 15.3. The number of nitrogens with one attached hydrogen (secondary N) is 1. The zero-order valence-corrected chi connectivity index (χ0v) is 31.2. The van der Waals surface area contributed by atoms with Crippen molar-refractivity contribution in [1.82, 2.24) is 34.8 Å². The Morgan fingerprint density at radius 3 is 2.76 bits per heavy atom. The summed E-state index contributed by atoms with van der Waals surface area (Å²) in [5.74, 6) is 7.10. The molecule has 5 aromatic rings. The molecule has 1 saturated heterocycles. The minimum atomic E-state index is -0.646. The number of amides is 3. The van der Waals surface area contributed by atoms with Crippen LogP contribution < -0.4 is 5.32 Å². The summed E-state index contributed by atoms with van der Waals surface area (Å²) in [4.78, 5) is 52.2. The Morgan fingerprint density at radius 2 is 1.91 bits per heavy atom. The predicted molar refractivity (Wildman–Crippen MR) is 201 cm³/mol. The van der Waals surface area contributed by atoms with E-state index < -0.39 is 11.9 Å². The molecule has 13 nitrogen and oxygen atoms in total. The van der Waals surface area contributed by atoms with E-state index in [9.17, 15) is 19.2 Å². The van der Waals surface area contributed by atoms with Crippen LogP contribution in [0.15, 0.2) is 60.9 Å². The fourth-order valence-electron chi connectivity index (χ4n) is 7.38. The number of unbranched alkanes of at least 4 members (excludes halogenated alkanes) is 1. The predicted octanol–water partition coefficient (Wildman–Crippen LogP) is 4.57. The van der Waals surface area contributed by atoms with E-state index in [-0.39, 0.29) is 37.2 Å². The minimum Gasteiger partial charge on any atom is -0.464 e. The Bertz CT molecular complexity index is 2350. The van der Waals surface area contributed by atoms with Crippen LogP contribution in [0, 0.1) is 18.8 Å². The van der Waals surface area contributed by atoms with E-state index in [0.717, 1.165) is 62.2 Å². The lowest BCUT2D eigenvalue weighted by Crippen LogP contribution is -2.52. The van der Waals surface area contributed by atoms with Gasteiger partial charge in [0.1, 0.15) is 30.1 Å². The molecule has 1 atom stereocenters. The Kier molecular flexibility index (Phi) is 10.4. The fourth-order valence-corrected chi connectivity index (χ4v) is 8.63. The van der Waals surface area contributed by atoms with Gasteiger partial charge in [0.2, 0.25) is 11.8 Å². The van der Waals surface area contributed by atoms with Crippen LogP contribution in [0.3, 0.4) is 0 Å². The first-order valence-corrected chi connectivity index (χ1v) is 19.3. The molecule has 0 spiro atoms. The van der Waals surface area contributed by atoms with Gasteiger partial charge in [-0.05, 0) is 67.3 Å². The average molecular weight is 758 g/mol. The number of ether oxygens (including phenoxy) is 2. The maximum Gasteiger partial charge on any atom is 0.305 e. The van der Waals surface area contributed by atoms with Crippen LogP contribution in [0.4, 0.5) is 0 Å². The summed E-state index contributed by atoms with van der Waals surface area (Å²) >= 11 is 1.62. The second-order valence-electron chi connectivity index (χ2n) is 13.9. The number of piperidine rings is 1. The first kappa shape index (κ1) is 36.1. The normalized spacial score (nSPS) is 16.1. The fraction of sp³-hybridized carbons (Fsp3) is 0.341. The largest absolute Gasteiger partial charge is 0.464 e. The highest BCUT2D eigenvalue weighted by Crippen LogP contribution is 2.37. The average Bonchev–Trinajstić information content (AvgIpc) is 3.93. The highest BCUT2D eigenvalue weighted by Gasteiger charge is 2.39. The zero-order chi connectivity index (χ0) is 37.9. The number of imide groups is 1. The van der Waals surface area contributed by atoms with E-state index in [1.165, 1.54) is 5.56 Å². The molecule has 3 aliphatic rings. The van der Waals surface area contributed by atoms with Crippen molar-refractivity contribution in [3.63, 3.8) is 0 Å². The van der Waals surface area contributed by atoms with Gasteiger partial charge < -0.3 is 14.4 Å². The van der Waals surface area contributed by atoms with Crippen LogP contribution in [-0.4, -0.2) is 65.8 Å². The van der Waals surface area contributed by atoms with Crippen molar-refractivity contribution in [2.45, 2.75) is 84.2 Å². The van der Waals surface area contributed by atoms with Gasteiger partial charge in [-0.15, -0.1) is 21.5 Å². The maximum absolute atomic E-state index is 13.1. The van der Waals surface area contributed by atoms with Gasteiger partial charge >= 0.3 is 5.97 Å². The van der Waals surface area contributed by atoms with Crippen molar-refractivity contribution in [1.29, 1.82) is 0 Å². The molecule has 55 heavy (non-hydrogen) atoms. The number of benzene rings is 2. The molecule has 1 N–H and O–H groups in total. The van der Waals surface area contributed by atoms with Crippen molar-refractivity contribution >= 4 is 35.0 Å². The number of rotatable bonds is 11. The maximum atomic E-state index is 13.1. The van der Waals surface area contributed by atoms with Gasteiger partial charge in [-0.25, -0.2) is 0 Å². The molecule has 1 fully saturated rings. The Morgan fingerprint density at radius 1 is 1.04 bits per heavy atom. The smallest absolute Gasteiger partial charge is 0.305 e. The summed E-state index contributed by atoms with van der Waals surface area (Å²) < 4.78 is 15.3. The van der Waals surface area contributed by atoms with Crippen LogP contribution in [0.1, 0.15) is 92.4 Å². The van der Waals surface area contributed by atoms with Crippen LogP contribution in [0.25, 0.3) is 5.00 Å². The van der Waals surface area contributed by atoms with E-state index in [0.29, 0.717) is 51.1 Å². The summed E-state index contributed by atoms with van der Waals surface area (Å²) in [6.07, 6.45) is 7.19. The molecule has 0 bridgehead atoms. The number of thiophene rings is 1. The second kappa shape index (κ2) is 15.8. The third-order valence-corrected chi connectivity index (χ3v) is 11.4. The number of fused-ring (bicyclic) bond motifs is 4. The van der Waals surface area contributed by atoms with E-state index in [1.54, 1.807) is 33.2 Å². The zero-order valence-electron chi connectivity index (χ0n) is 30.4. The van der Waals surface area contributed by atoms with Crippen molar-refractivity contribution in [3.05, 3.63) is 116 Å². The number of esters is 1. The first-order valence-electron chi connectivity index (χ1n) is 18.5. The number of carbonyl (C=O) groups excluding carboxylic acids is 4. The lowest BCUT2D eigenvalue weighted by atomic mass is 9.98. The summed E-state index contributed by atoms with van der Waals surface area (Å²) in [6.45, 7) is 3.75. The molecule has 6 heterocycles. The van der Waals surface area contributed by atoms with Crippen LogP contribution in [0.5, 0.6) is 0 Å². The highest BCUT2D eigenvalue weighted by atomic mass is 32.1. The van der Waals surface area contributed by atoms with E-state index in [4.69, 9.17) is 9.47 Å². The monoisotopic (exact) mass is 757 g/mol. The van der Waals surface area contributed by atoms with Gasteiger partial charge in [-0.2, -0.15) is 5.10 Å². The molecule has 3 aliphatic heterocycles. The molecular weight excluding hydrogens is 719 g/mol. The molecule has 0 saturated carbocycles. The Balaban J connectivity index is 0.836. The SMILES string of the molecule is Cc1nnc2n1-c1sc(C#Cc3cnn(CCOC(=O)CCCCc4cccc5c4CN(C4CCC(=O)NC4=O)C5=O)c3)c(Cc3ccccc3)c1COC2. The topological polar surface area (TPSA) is 151 Å². The first-order chi connectivity index (χ1) is 26.8. The van der Waals surface area contributed by atoms with Crippen molar-refractivity contribution in [2.75, 3.05) is 6.61 Å². The van der Waals surface area contributed by atoms with Crippen LogP contribution in [-0.2, 0) is 63.0 Å². The van der Waals surface area contributed by atoms with Gasteiger partial charge in [0, 0.05) is 36.7 Å². The number of hydrogen-bond donors (Lipinski definition) is 1. The third-order valence-electron chi connectivity index (χ3n) is 10.2. The van der Waals surface area contributed by atoms with Crippen molar-refractivity contribution in [3.8, 4) is 16.8 Å². The number of aromatic nitrogens is 5. The summed E-state index contributed by atoms with van der Waals surface area (Å²) in [5.41, 5.74) is 6.73. The molecule has 0 aliphatic carbocycles. The highest BCUT2D eigenvalue weighted by molar-refractivity contribution is 7.15. The lowest BCUT2D eigenvalue weighted by molar-refractivity contribution is -0.144. The Labute approximate surface area is 321 Å². The van der Waals surface area contributed by atoms with Crippen LogP contribution in [0.2, 0.25) is 0 Å². The van der Waals surface area contributed by atoms with Gasteiger partial charge in [0.15, 0.2) is 5.82 Å². The minimum absolute atomic E-state index is 0.187. The van der Waals surface area contributed by atoms with E-state index in [2.05, 4.69) is 49.2 Å². The van der Waals surface area contributed by atoms with Gasteiger partial charge in [-0.3, -0.25) is 33.7 Å². The number of carbonyl (C=O) groups is 4. The van der Waals surface area contributed by atoms with Crippen molar-refractivity contribution in [2.24, 2.45) is 0 Å². The summed E-state index contributed by atoms with van der Waals surface area (Å²) in [5, 5.41) is 16.4. The second-order valence-corrected chi connectivity index (χ2v) is 14.9. The molecule has 3 amide bonds. The van der Waals surface area contributed by atoms with Gasteiger partial charge in [-0.1, -0.05) is 54.3 Å². The summed E-state index contributed by atoms with van der Waals surface area (Å²) in [7, 11) is 0. The van der Waals surface area contributed by atoms with Crippen molar-refractivity contribution < 1.29 is 28.7 Å². The van der Waals surface area contributed by atoms with Crippen LogP contribution >= 0.6 is 11.3 Å². The van der Waals surface area contributed by atoms with E-state index >= 15 is 0 Å². The van der Waals surface area contributed by atoms with E-state index in [1.807, 2.05) is 43.5 Å². The number of nitrogens with zero attached hydrogens (tertiary/aromatic N) is 6. The quantitative estimate of drug-likeness (QED) is 0.0885. The third kappa shape index (κ3) is 7.71. The molecule has 8 rings (SSSR count). The van der Waals surface area contributed by atoms with Gasteiger partial charge in [0.05, 0.1) is 29.8 Å². The molecule has 280 valence electrons. The standard InChI is InChI=1S/C41H39N7O6S/c1-26-44-45-36-25-53-24-33-31(20-27-8-3-2-4-9-27)35(55-41(33)48(26)36)16-14-28-21-42-46(22-28)18-19-54-38(50)13-6-5-10-29-11-7-12-30-32(29)23-47(40(30)52)34-15-17-37(49)43-39(34)51/h2-4,7-9,11-12,21-22,34H,5-6,10,13,15,17-20,23-25H2,1H3,(H,43,49,51). The lowest BCUT2D eigenvalue weighted by Gasteiger charge is -2.29. The molecule has 3 aromatic heterocycles. The molecular formula is C41H39N7O6S. The Hall–Kier alpha value is -5.91. The molecule has 0 radical (unpaired) electrons. The molecule has 1 unspecified atom stereocenters. The molecule has 14 heteroatoms.